The summed E-state index contributed by atoms with van der Waals surface area (Å²) in [5.74, 6) is -0.0324. The van der Waals surface area contributed by atoms with Crippen LogP contribution in [0.4, 0.5) is 0 Å². The van der Waals surface area contributed by atoms with Crippen LogP contribution in [0.15, 0.2) is 0 Å². The van der Waals surface area contributed by atoms with E-state index in [4.69, 9.17) is 5.11 Å². The second kappa shape index (κ2) is 3.22. The summed E-state index contributed by atoms with van der Waals surface area (Å²) in [5.41, 5.74) is 0. The van der Waals surface area contributed by atoms with Crippen molar-refractivity contribution in [2.24, 2.45) is 5.92 Å². The maximum Gasteiger partial charge on any atom is 0.320 e. The van der Waals surface area contributed by atoms with Crippen molar-refractivity contribution in [3.8, 4) is 0 Å². The van der Waals surface area contributed by atoms with Gasteiger partial charge in [-0.25, -0.2) is 0 Å². The molecule has 1 heterocycles. The SMILES string of the molecule is C[C@@H]1CC[C@@H](C(=O)O)N(C)C1. The van der Waals surface area contributed by atoms with Gasteiger partial charge in [-0.1, -0.05) is 6.92 Å². The molecule has 0 aromatic heterocycles. The number of likely N-dealkylation sites (tertiary alicyclic amines) is 1. The number of nitrogens with zero attached hydrogens (tertiary/aromatic N) is 1. The summed E-state index contributed by atoms with van der Waals surface area (Å²) in [6.07, 6.45) is 1.84. The fourth-order valence-corrected chi connectivity index (χ4v) is 1.68. The largest absolute Gasteiger partial charge is 0.480 e. The van der Waals surface area contributed by atoms with Gasteiger partial charge in [0.15, 0.2) is 0 Å². The highest BCUT2D eigenvalue weighted by molar-refractivity contribution is 5.73. The Morgan fingerprint density at radius 2 is 2.18 bits per heavy atom. The first-order valence-corrected chi connectivity index (χ1v) is 4.04. The molecule has 3 heteroatoms. The highest BCUT2D eigenvalue weighted by Gasteiger charge is 2.28. The van der Waals surface area contributed by atoms with Gasteiger partial charge in [-0.2, -0.15) is 0 Å². The van der Waals surface area contributed by atoms with Crippen LogP contribution in [-0.4, -0.2) is 35.6 Å². The van der Waals surface area contributed by atoms with E-state index in [0.29, 0.717) is 5.92 Å². The molecule has 0 aliphatic carbocycles. The van der Waals surface area contributed by atoms with Crippen LogP contribution in [0.25, 0.3) is 0 Å². The third-order valence-electron chi connectivity index (χ3n) is 2.35. The Balaban J connectivity index is 2.50. The Hall–Kier alpha value is -0.570. The first-order valence-electron chi connectivity index (χ1n) is 4.04. The molecule has 0 spiro atoms. The van der Waals surface area contributed by atoms with Gasteiger partial charge in [0.05, 0.1) is 0 Å². The average Bonchev–Trinajstić information content (AvgIpc) is 1.85. The van der Waals surface area contributed by atoms with Crippen LogP contribution >= 0.6 is 0 Å². The van der Waals surface area contributed by atoms with Gasteiger partial charge in [0, 0.05) is 6.54 Å². The molecule has 2 atom stereocenters. The predicted molar refractivity (Wildman–Crippen MR) is 42.5 cm³/mol. The molecular formula is C8H15NO2. The minimum absolute atomic E-state index is 0.244. The van der Waals surface area contributed by atoms with Crippen molar-refractivity contribution in [1.29, 1.82) is 0 Å². The van der Waals surface area contributed by atoms with Gasteiger partial charge in [-0.15, -0.1) is 0 Å². The summed E-state index contributed by atoms with van der Waals surface area (Å²) in [5, 5.41) is 8.75. The summed E-state index contributed by atoms with van der Waals surface area (Å²) >= 11 is 0. The molecule has 0 amide bonds. The maximum absolute atomic E-state index is 10.6. The number of piperidine rings is 1. The van der Waals surface area contributed by atoms with Crippen molar-refractivity contribution in [3.05, 3.63) is 0 Å². The quantitative estimate of drug-likeness (QED) is 0.612. The molecule has 0 aromatic carbocycles. The fraction of sp³-hybridized carbons (Fsp3) is 0.875. The highest BCUT2D eigenvalue weighted by atomic mass is 16.4. The molecular weight excluding hydrogens is 142 g/mol. The number of likely N-dealkylation sites (N-methyl/N-ethyl adjacent to an activating group) is 1. The summed E-state index contributed by atoms with van der Waals surface area (Å²) in [6.45, 7) is 3.07. The van der Waals surface area contributed by atoms with Crippen LogP contribution in [0.1, 0.15) is 19.8 Å². The second-order valence-electron chi connectivity index (χ2n) is 3.48. The van der Waals surface area contributed by atoms with Crippen LogP contribution < -0.4 is 0 Å². The van der Waals surface area contributed by atoms with Gasteiger partial charge in [-0.3, -0.25) is 9.69 Å². The lowest BCUT2D eigenvalue weighted by Gasteiger charge is -2.32. The summed E-state index contributed by atoms with van der Waals surface area (Å²) in [4.78, 5) is 12.6. The number of carboxylic acid groups (broad SMARTS) is 1. The Morgan fingerprint density at radius 3 is 2.64 bits per heavy atom. The first-order chi connectivity index (χ1) is 5.11. The molecule has 1 rings (SSSR count). The van der Waals surface area contributed by atoms with Crippen LogP contribution in [0.5, 0.6) is 0 Å². The van der Waals surface area contributed by atoms with Gasteiger partial charge in [0.25, 0.3) is 0 Å². The number of aliphatic carboxylic acids is 1. The zero-order chi connectivity index (χ0) is 8.43. The Bertz CT molecular complexity index is 158. The van der Waals surface area contributed by atoms with Gasteiger partial charge >= 0.3 is 5.97 Å². The number of carboxylic acids is 1. The average molecular weight is 157 g/mol. The van der Waals surface area contributed by atoms with E-state index in [2.05, 4.69) is 6.92 Å². The Labute approximate surface area is 67.0 Å². The van der Waals surface area contributed by atoms with Crippen LogP contribution in [0, 0.1) is 5.92 Å². The molecule has 0 unspecified atom stereocenters. The molecule has 1 N–H and O–H groups in total. The third kappa shape index (κ3) is 1.93. The van der Waals surface area contributed by atoms with Gasteiger partial charge in [0.2, 0.25) is 0 Å². The van der Waals surface area contributed by atoms with E-state index in [9.17, 15) is 4.79 Å². The number of rotatable bonds is 1. The van der Waals surface area contributed by atoms with Crippen LogP contribution in [-0.2, 0) is 4.79 Å². The van der Waals surface area contributed by atoms with Crippen molar-refractivity contribution >= 4 is 5.97 Å². The van der Waals surface area contributed by atoms with Crippen LogP contribution in [0.3, 0.4) is 0 Å². The van der Waals surface area contributed by atoms with E-state index in [1.165, 1.54) is 0 Å². The Morgan fingerprint density at radius 1 is 1.55 bits per heavy atom. The fourth-order valence-electron chi connectivity index (χ4n) is 1.68. The van der Waals surface area contributed by atoms with Gasteiger partial charge in [0.1, 0.15) is 6.04 Å². The van der Waals surface area contributed by atoms with Crippen molar-refractivity contribution in [1.82, 2.24) is 4.90 Å². The molecule has 0 aromatic rings. The molecule has 0 bridgehead atoms. The third-order valence-corrected chi connectivity index (χ3v) is 2.35. The minimum Gasteiger partial charge on any atom is -0.480 e. The van der Waals surface area contributed by atoms with Gasteiger partial charge < -0.3 is 5.11 Å². The zero-order valence-electron chi connectivity index (χ0n) is 7.08. The molecule has 0 saturated carbocycles. The monoisotopic (exact) mass is 157 g/mol. The van der Waals surface area contributed by atoms with E-state index in [1.807, 2.05) is 11.9 Å². The molecule has 11 heavy (non-hydrogen) atoms. The minimum atomic E-state index is -0.681. The molecule has 0 radical (unpaired) electrons. The summed E-state index contributed by atoms with van der Waals surface area (Å²) < 4.78 is 0. The van der Waals surface area contributed by atoms with Gasteiger partial charge in [-0.05, 0) is 25.8 Å². The zero-order valence-corrected chi connectivity index (χ0v) is 7.08. The molecule has 1 fully saturated rings. The van der Waals surface area contributed by atoms with E-state index >= 15 is 0 Å². The normalized spacial score (nSPS) is 33.6. The smallest absolute Gasteiger partial charge is 0.320 e. The number of hydrogen-bond donors (Lipinski definition) is 1. The first kappa shape index (κ1) is 8.53. The van der Waals surface area contributed by atoms with Crippen LogP contribution in [0.2, 0.25) is 0 Å². The molecule has 1 aliphatic rings. The van der Waals surface area contributed by atoms with Crippen molar-refractivity contribution in [3.63, 3.8) is 0 Å². The topological polar surface area (TPSA) is 40.5 Å². The predicted octanol–water partition coefficient (Wildman–Crippen LogP) is 0.801. The molecule has 1 saturated heterocycles. The van der Waals surface area contributed by atoms with Crippen molar-refractivity contribution in [2.75, 3.05) is 13.6 Å². The van der Waals surface area contributed by atoms with E-state index < -0.39 is 5.97 Å². The molecule has 64 valence electrons. The standard InChI is InChI=1S/C8H15NO2/c1-6-3-4-7(8(10)11)9(2)5-6/h6-7H,3-5H2,1-2H3,(H,10,11)/t6-,7+/m1/s1. The lowest BCUT2D eigenvalue weighted by atomic mass is 9.95. The lowest BCUT2D eigenvalue weighted by Crippen LogP contribution is -2.44. The van der Waals surface area contributed by atoms with E-state index in [-0.39, 0.29) is 6.04 Å². The summed E-state index contributed by atoms with van der Waals surface area (Å²) in [7, 11) is 1.88. The molecule has 1 aliphatic heterocycles. The Kier molecular flexibility index (Phi) is 2.49. The second-order valence-corrected chi connectivity index (χ2v) is 3.48. The summed E-state index contributed by atoms with van der Waals surface area (Å²) in [6, 6.07) is -0.244. The van der Waals surface area contributed by atoms with Crippen molar-refractivity contribution in [2.45, 2.75) is 25.8 Å². The number of carbonyl (C=O) groups is 1. The van der Waals surface area contributed by atoms with Crippen molar-refractivity contribution < 1.29 is 9.90 Å². The maximum atomic E-state index is 10.6. The lowest BCUT2D eigenvalue weighted by molar-refractivity contribution is -0.144. The molecule has 3 nitrogen and oxygen atoms in total. The highest BCUT2D eigenvalue weighted by Crippen LogP contribution is 2.19. The number of hydrogen-bond acceptors (Lipinski definition) is 2. The van der Waals surface area contributed by atoms with E-state index in [0.717, 1.165) is 19.4 Å². The van der Waals surface area contributed by atoms with E-state index in [1.54, 1.807) is 0 Å².